The van der Waals surface area contributed by atoms with Crippen LogP contribution < -0.4 is 5.32 Å². The van der Waals surface area contributed by atoms with E-state index in [-0.39, 0.29) is 17.4 Å². The van der Waals surface area contributed by atoms with E-state index in [0.717, 1.165) is 19.3 Å². The number of aromatic nitrogens is 2. The lowest BCUT2D eigenvalue weighted by atomic mass is 9.87. The number of H-pyrrole nitrogens is 1. The minimum atomic E-state index is -1.17. The minimum absolute atomic E-state index is 0.0410. The van der Waals surface area contributed by atoms with Crippen LogP contribution in [0.1, 0.15) is 53.6 Å². The van der Waals surface area contributed by atoms with Crippen molar-refractivity contribution in [1.29, 1.82) is 0 Å². The van der Waals surface area contributed by atoms with E-state index in [0.29, 0.717) is 5.92 Å². The summed E-state index contributed by atoms with van der Waals surface area (Å²) in [5, 5.41) is 11.8. The fourth-order valence-electron chi connectivity index (χ4n) is 2.45. The lowest BCUT2D eigenvalue weighted by molar-refractivity contribution is 0.0684. The third kappa shape index (κ3) is 2.69. The van der Waals surface area contributed by atoms with Gasteiger partial charge in [-0.05, 0) is 18.8 Å². The van der Waals surface area contributed by atoms with Gasteiger partial charge in [-0.3, -0.25) is 4.79 Å². The lowest BCUT2D eigenvalue weighted by Gasteiger charge is -2.27. The van der Waals surface area contributed by atoms with Gasteiger partial charge in [0.05, 0.1) is 6.33 Å². The summed E-state index contributed by atoms with van der Waals surface area (Å²) >= 11 is 0. The molecule has 0 radical (unpaired) electrons. The van der Waals surface area contributed by atoms with Gasteiger partial charge < -0.3 is 15.4 Å². The minimum Gasteiger partial charge on any atom is -0.477 e. The maximum Gasteiger partial charge on any atom is 0.354 e. The van der Waals surface area contributed by atoms with Gasteiger partial charge in [-0.15, -0.1) is 0 Å². The molecule has 0 bridgehead atoms. The Kier molecular flexibility index (Phi) is 3.64. The maximum absolute atomic E-state index is 11.9. The normalized spacial score (nSPS) is 23.6. The van der Waals surface area contributed by atoms with Gasteiger partial charge in [0.2, 0.25) is 0 Å². The molecule has 0 saturated heterocycles. The number of aromatic amines is 1. The summed E-state index contributed by atoms with van der Waals surface area (Å²) in [5.74, 6) is -0.982. The predicted octanol–water partition coefficient (Wildman–Crippen LogP) is 1.42. The van der Waals surface area contributed by atoms with Crippen molar-refractivity contribution in [3.8, 4) is 0 Å². The highest BCUT2D eigenvalue weighted by molar-refractivity contribution is 6.02. The summed E-state index contributed by atoms with van der Waals surface area (Å²) in [7, 11) is 0. The molecular formula is C12H17N3O3. The van der Waals surface area contributed by atoms with Crippen LogP contribution in [0.4, 0.5) is 0 Å². The van der Waals surface area contributed by atoms with Crippen LogP contribution in [0.25, 0.3) is 0 Å². The fourth-order valence-corrected chi connectivity index (χ4v) is 2.45. The van der Waals surface area contributed by atoms with Crippen LogP contribution in [-0.4, -0.2) is 33.0 Å². The Morgan fingerprint density at radius 2 is 2.28 bits per heavy atom. The van der Waals surface area contributed by atoms with E-state index < -0.39 is 11.9 Å². The number of carbonyl (C=O) groups is 2. The molecule has 6 heteroatoms. The molecule has 98 valence electrons. The second kappa shape index (κ2) is 5.20. The molecule has 1 fully saturated rings. The number of nitrogens with zero attached hydrogens (tertiary/aromatic N) is 1. The van der Waals surface area contributed by atoms with Gasteiger partial charge in [-0.1, -0.05) is 19.8 Å². The SMILES string of the molecule is CC1CCCC(NC(=O)c2nc[nH]c2C(=O)O)C1. The van der Waals surface area contributed by atoms with Crippen LogP contribution in [-0.2, 0) is 0 Å². The van der Waals surface area contributed by atoms with Crippen molar-refractivity contribution < 1.29 is 14.7 Å². The zero-order valence-electron chi connectivity index (χ0n) is 10.3. The molecule has 1 saturated carbocycles. The summed E-state index contributed by atoms with van der Waals surface area (Å²) in [6, 6.07) is 0.125. The molecule has 1 heterocycles. The standard InChI is InChI=1S/C12H17N3O3/c1-7-3-2-4-8(5-7)15-11(16)9-10(12(17)18)14-6-13-9/h6-8H,2-5H2,1H3,(H,13,14)(H,15,16)(H,17,18). The van der Waals surface area contributed by atoms with Crippen molar-refractivity contribution in [2.75, 3.05) is 0 Å². The van der Waals surface area contributed by atoms with E-state index >= 15 is 0 Å². The maximum atomic E-state index is 11.9. The van der Waals surface area contributed by atoms with Crippen LogP contribution >= 0.6 is 0 Å². The summed E-state index contributed by atoms with van der Waals surface area (Å²) in [5.41, 5.74) is -0.197. The smallest absolute Gasteiger partial charge is 0.354 e. The van der Waals surface area contributed by atoms with Crippen molar-refractivity contribution in [3.63, 3.8) is 0 Å². The predicted molar refractivity (Wildman–Crippen MR) is 64.4 cm³/mol. The Morgan fingerprint density at radius 1 is 1.50 bits per heavy atom. The molecule has 1 amide bonds. The fraction of sp³-hybridized carbons (Fsp3) is 0.583. The second-order valence-corrected chi connectivity index (χ2v) is 4.87. The average molecular weight is 251 g/mol. The zero-order valence-corrected chi connectivity index (χ0v) is 10.3. The molecule has 0 aliphatic heterocycles. The number of aromatic carboxylic acids is 1. The molecule has 0 spiro atoms. The molecule has 0 aromatic carbocycles. The van der Waals surface area contributed by atoms with Crippen LogP contribution in [0.15, 0.2) is 6.33 Å². The number of carboxylic acids is 1. The van der Waals surface area contributed by atoms with Crippen LogP contribution in [0.2, 0.25) is 0 Å². The molecule has 1 aliphatic carbocycles. The van der Waals surface area contributed by atoms with Crippen molar-refractivity contribution in [2.24, 2.45) is 5.92 Å². The molecule has 2 rings (SSSR count). The average Bonchev–Trinajstić information content (AvgIpc) is 2.77. The van der Waals surface area contributed by atoms with Crippen molar-refractivity contribution in [2.45, 2.75) is 38.6 Å². The highest BCUT2D eigenvalue weighted by Crippen LogP contribution is 2.23. The number of hydrogen-bond donors (Lipinski definition) is 3. The summed E-state index contributed by atoms with van der Waals surface area (Å²) in [6.07, 6.45) is 5.40. The lowest BCUT2D eigenvalue weighted by Crippen LogP contribution is -2.38. The first-order chi connectivity index (χ1) is 8.58. The van der Waals surface area contributed by atoms with Gasteiger partial charge in [0.15, 0.2) is 11.4 Å². The van der Waals surface area contributed by atoms with Crippen LogP contribution in [0.3, 0.4) is 0 Å². The monoisotopic (exact) mass is 251 g/mol. The Balaban J connectivity index is 2.03. The number of nitrogens with one attached hydrogen (secondary N) is 2. The Bertz CT molecular complexity index is 455. The largest absolute Gasteiger partial charge is 0.477 e. The molecule has 1 aromatic heterocycles. The summed E-state index contributed by atoms with van der Waals surface area (Å²) in [4.78, 5) is 29.1. The van der Waals surface area contributed by atoms with Gasteiger partial charge in [0, 0.05) is 6.04 Å². The van der Waals surface area contributed by atoms with E-state index in [1.54, 1.807) is 0 Å². The number of rotatable bonds is 3. The number of amides is 1. The van der Waals surface area contributed by atoms with Crippen LogP contribution in [0.5, 0.6) is 0 Å². The van der Waals surface area contributed by atoms with E-state index in [1.807, 2.05) is 0 Å². The van der Waals surface area contributed by atoms with Crippen molar-refractivity contribution in [3.05, 3.63) is 17.7 Å². The molecule has 6 nitrogen and oxygen atoms in total. The first-order valence-electron chi connectivity index (χ1n) is 6.15. The van der Waals surface area contributed by atoms with Crippen molar-refractivity contribution >= 4 is 11.9 Å². The molecule has 2 unspecified atom stereocenters. The third-order valence-electron chi connectivity index (χ3n) is 3.34. The molecule has 1 aliphatic rings. The first kappa shape index (κ1) is 12.6. The molecular weight excluding hydrogens is 234 g/mol. The first-order valence-corrected chi connectivity index (χ1v) is 6.15. The van der Waals surface area contributed by atoms with Crippen molar-refractivity contribution in [1.82, 2.24) is 15.3 Å². The highest BCUT2D eigenvalue weighted by Gasteiger charge is 2.24. The zero-order chi connectivity index (χ0) is 13.1. The van der Waals surface area contributed by atoms with E-state index in [9.17, 15) is 9.59 Å². The van der Waals surface area contributed by atoms with E-state index in [2.05, 4.69) is 22.2 Å². The third-order valence-corrected chi connectivity index (χ3v) is 3.34. The topological polar surface area (TPSA) is 95.1 Å². The number of imidazole rings is 1. The van der Waals surface area contributed by atoms with Gasteiger partial charge in [-0.25, -0.2) is 9.78 Å². The molecule has 3 N–H and O–H groups in total. The Labute approximate surface area is 105 Å². The summed E-state index contributed by atoms with van der Waals surface area (Å²) < 4.78 is 0. The van der Waals surface area contributed by atoms with E-state index in [1.165, 1.54) is 12.7 Å². The van der Waals surface area contributed by atoms with E-state index in [4.69, 9.17) is 5.11 Å². The quantitative estimate of drug-likeness (QED) is 0.757. The van der Waals surface area contributed by atoms with Gasteiger partial charge in [0.1, 0.15) is 0 Å². The number of hydrogen-bond acceptors (Lipinski definition) is 3. The molecule has 2 atom stereocenters. The van der Waals surface area contributed by atoms with Gasteiger partial charge >= 0.3 is 5.97 Å². The van der Waals surface area contributed by atoms with Crippen LogP contribution in [0, 0.1) is 5.92 Å². The Hall–Kier alpha value is -1.85. The molecule has 1 aromatic rings. The molecule has 18 heavy (non-hydrogen) atoms. The number of carbonyl (C=O) groups excluding carboxylic acids is 1. The summed E-state index contributed by atoms with van der Waals surface area (Å²) in [6.45, 7) is 2.16. The number of carboxylic acid groups (broad SMARTS) is 1. The van der Waals surface area contributed by atoms with Gasteiger partial charge in [-0.2, -0.15) is 0 Å². The second-order valence-electron chi connectivity index (χ2n) is 4.87. The Morgan fingerprint density at radius 3 is 2.94 bits per heavy atom. The van der Waals surface area contributed by atoms with Gasteiger partial charge in [0.25, 0.3) is 5.91 Å². The highest BCUT2D eigenvalue weighted by atomic mass is 16.4.